The van der Waals surface area contributed by atoms with Crippen LogP contribution in [-0.4, -0.2) is 71.7 Å². The number of aliphatic hydroxyl groups is 1. The summed E-state index contributed by atoms with van der Waals surface area (Å²) < 4.78 is 17.8. The van der Waals surface area contributed by atoms with E-state index < -0.39 is 23.8 Å². The maximum Gasteiger partial charge on any atom is 0.346 e. The van der Waals surface area contributed by atoms with E-state index in [2.05, 4.69) is 37.3 Å². The predicted octanol–water partition coefficient (Wildman–Crippen LogP) is 4.39. The van der Waals surface area contributed by atoms with Crippen molar-refractivity contribution < 1.29 is 38.5 Å². The molecular formula is C41H40N4O8. The second kappa shape index (κ2) is 14.6. The van der Waals surface area contributed by atoms with Crippen molar-refractivity contribution in [2.45, 2.75) is 56.5 Å². The number of fused-ring (bicyclic) bond motifs is 1. The molecule has 0 bridgehead atoms. The molecule has 4 aromatic carbocycles. The van der Waals surface area contributed by atoms with E-state index in [-0.39, 0.29) is 53.9 Å². The Morgan fingerprint density at radius 2 is 1.53 bits per heavy atom. The van der Waals surface area contributed by atoms with Gasteiger partial charge < -0.3 is 39.8 Å². The van der Waals surface area contributed by atoms with Gasteiger partial charge in [-0.2, -0.15) is 0 Å². The molecule has 272 valence electrons. The van der Waals surface area contributed by atoms with Gasteiger partial charge in [0, 0.05) is 49.4 Å². The third-order valence-electron chi connectivity index (χ3n) is 10.8. The lowest BCUT2D eigenvalue weighted by Gasteiger charge is -2.45. The molecule has 3 atom stereocenters. The molecule has 3 fully saturated rings. The smallest absolute Gasteiger partial charge is 0.346 e. The molecule has 4 heterocycles. The van der Waals surface area contributed by atoms with E-state index in [1.807, 2.05) is 66.7 Å². The third kappa shape index (κ3) is 6.94. The monoisotopic (exact) mass is 716 g/mol. The molecule has 1 spiro atoms. The number of cyclic esters (lactones) is 2. The summed E-state index contributed by atoms with van der Waals surface area (Å²) in [6, 6.07) is 29.9. The minimum atomic E-state index is -0.758. The molecule has 12 nitrogen and oxygen atoms in total. The fourth-order valence-corrected chi connectivity index (χ4v) is 7.76. The Morgan fingerprint density at radius 3 is 2.26 bits per heavy atom. The van der Waals surface area contributed by atoms with Gasteiger partial charge in [-0.25, -0.2) is 9.59 Å². The largest absolute Gasteiger partial charge is 0.392 e. The van der Waals surface area contributed by atoms with Gasteiger partial charge in [0.05, 0.1) is 36.6 Å². The number of esters is 2. The van der Waals surface area contributed by atoms with Crippen LogP contribution in [0.4, 0.5) is 5.69 Å². The van der Waals surface area contributed by atoms with Crippen LogP contribution < -0.4 is 15.5 Å². The molecular weight excluding hydrogens is 676 g/mol. The van der Waals surface area contributed by atoms with Crippen molar-refractivity contribution in [3.8, 4) is 0 Å². The van der Waals surface area contributed by atoms with Crippen LogP contribution in [0.3, 0.4) is 0 Å². The second-order valence-electron chi connectivity index (χ2n) is 14.0. The van der Waals surface area contributed by atoms with Gasteiger partial charge in [0.2, 0.25) is 5.91 Å². The van der Waals surface area contributed by atoms with Crippen LogP contribution in [0.15, 0.2) is 97.1 Å². The highest BCUT2D eigenvalue weighted by molar-refractivity contribution is 6.15. The van der Waals surface area contributed by atoms with Crippen molar-refractivity contribution in [1.82, 2.24) is 15.5 Å². The number of nitrogens with one attached hydrogen (secondary N) is 2. The number of benzene rings is 4. The van der Waals surface area contributed by atoms with Gasteiger partial charge in [0.1, 0.15) is 5.54 Å². The lowest BCUT2D eigenvalue weighted by Crippen LogP contribution is -2.57. The van der Waals surface area contributed by atoms with Crippen LogP contribution in [0.5, 0.6) is 0 Å². The number of amides is 2. The van der Waals surface area contributed by atoms with Crippen molar-refractivity contribution in [2.24, 2.45) is 0 Å². The zero-order valence-corrected chi connectivity index (χ0v) is 29.0. The molecule has 0 saturated carbocycles. The van der Waals surface area contributed by atoms with Crippen LogP contribution in [0.1, 0.15) is 85.0 Å². The van der Waals surface area contributed by atoms with Crippen molar-refractivity contribution in [3.63, 3.8) is 0 Å². The highest BCUT2D eigenvalue weighted by Gasteiger charge is 2.50. The molecule has 4 aromatic rings. The zero-order valence-electron chi connectivity index (χ0n) is 29.0. The highest BCUT2D eigenvalue weighted by atomic mass is 16.7. The average Bonchev–Trinajstić information content (AvgIpc) is 3.67. The zero-order chi connectivity index (χ0) is 36.5. The van der Waals surface area contributed by atoms with Crippen LogP contribution in [-0.2, 0) is 32.2 Å². The summed E-state index contributed by atoms with van der Waals surface area (Å²) in [7, 11) is 0. The normalized spacial score (nSPS) is 22.4. The molecule has 3 N–H and O–H groups in total. The number of ether oxygens (including phenoxy) is 3. The lowest BCUT2D eigenvalue weighted by molar-refractivity contribution is -0.253. The SMILES string of the molecule is O=C(NCc1ccc(C2O[C@H](CN3CCC4(CC3)C(=O)NCN4c3ccccc3)C[C@H](c3ccc(CO)cc3)O2)cc1)c1ccc2c(c1)C(=O)OC2=O. The summed E-state index contributed by atoms with van der Waals surface area (Å²) in [5.74, 6) is -1.77. The number of hydrogen-bond acceptors (Lipinski definition) is 10. The van der Waals surface area contributed by atoms with Crippen molar-refractivity contribution in [2.75, 3.05) is 31.2 Å². The van der Waals surface area contributed by atoms with Gasteiger partial charge in [0.25, 0.3) is 5.91 Å². The van der Waals surface area contributed by atoms with Crippen LogP contribution in [0, 0.1) is 0 Å². The number of rotatable bonds is 9. The van der Waals surface area contributed by atoms with Gasteiger partial charge >= 0.3 is 11.9 Å². The third-order valence-corrected chi connectivity index (χ3v) is 10.8. The summed E-state index contributed by atoms with van der Waals surface area (Å²) >= 11 is 0. The van der Waals surface area contributed by atoms with E-state index in [9.17, 15) is 24.3 Å². The number of anilines is 1. The van der Waals surface area contributed by atoms with E-state index >= 15 is 0 Å². The Morgan fingerprint density at radius 1 is 0.830 bits per heavy atom. The number of aliphatic hydroxyl groups excluding tert-OH is 1. The Kier molecular flexibility index (Phi) is 9.52. The van der Waals surface area contributed by atoms with Gasteiger partial charge in [-0.15, -0.1) is 0 Å². The first kappa shape index (κ1) is 34.7. The Balaban J connectivity index is 0.934. The standard InChI is InChI=1S/C41H40N4O8/c46-24-27-8-10-28(11-9-27)35-21-32(23-44-18-16-41(17-19-44)40(50)43-25-45(41)31-4-2-1-3-5-31)51-39(52-35)29-12-6-26(7-13-29)22-42-36(47)30-14-15-33-34(20-30)38(49)53-37(33)48/h1-15,20,32,35,39,46H,16-19,21-25H2,(H,42,47)(H,43,50)/t32-,35+,39?/m0/s1. The predicted molar refractivity (Wildman–Crippen MR) is 193 cm³/mol. The Hall–Kier alpha value is -5.40. The number of likely N-dealkylation sites (tertiary alicyclic amines) is 1. The molecule has 4 aliphatic heterocycles. The minimum Gasteiger partial charge on any atom is -0.392 e. The van der Waals surface area contributed by atoms with Gasteiger partial charge in [-0.05, 0) is 59.9 Å². The van der Waals surface area contributed by atoms with Crippen molar-refractivity contribution in [3.05, 3.63) is 136 Å². The number of piperidine rings is 1. The number of carbonyl (C=O) groups is 4. The van der Waals surface area contributed by atoms with E-state index in [1.165, 1.54) is 18.2 Å². The fraction of sp³-hybridized carbons (Fsp3) is 0.317. The van der Waals surface area contributed by atoms with E-state index in [4.69, 9.17) is 9.47 Å². The van der Waals surface area contributed by atoms with Gasteiger partial charge in [0.15, 0.2) is 6.29 Å². The topological polar surface area (TPSA) is 147 Å². The summed E-state index contributed by atoms with van der Waals surface area (Å²) in [5, 5.41) is 15.5. The maximum absolute atomic E-state index is 13.2. The summed E-state index contributed by atoms with van der Waals surface area (Å²) in [6.07, 6.45) is 1.04. The molecule has 4 aliphatic rings. The summed E-state index contributed by atoms with van der Waals surface area (Å²) in [4.78, 5) is 54.4. The van der Waals surface area contributed by atoms with E-state index in [1.54, 1.807) is 0 Å². The van der Waals surface area contributed by atoms with Crippen LogP contribution in [0.2, 0.25) is 0 Å². The second-order valence-corrected chi connectivity index (χ2v) is 14.0. The molecule has 2 amide bonds. The lowest BCUT2D eigenvalue weighted by atomic mass is 9.85. The van der Waals surface area contributed by atoms with Crippen LogP contribution in [0.25, 0.3) is 0 Å². The molecule has 8 rings (SSSR count). The molecule has 3 saturated heterocycles. The molecule has 12 heteroatoms. The number of para-hydroxylation sites is 1. The van der Waals surface area contributed by atoms with Crippen molar-refractivity contribution >= 4 is 29.4 Å². The van der Waals surface area contributed by atoms with Crippen molar-refractivity contribution in [1.29, 1.82) is 0 Å². The first-order valence-corrected chi connectivity index (χ1v) is 17.9. The number of hydrogen-bond donors (Lipinski definition) is 3. The number of nitrogens with zero attached hydrogens (tertiary/aromatic N) is 2. The van der Waals surface area contributed by atoms with Gasteiger partial charge in [-0.1, -0.05) is 66.7 Å². The minimum absolute atomic E-state index is 0.0356. The average molecular weight is 717 g/mol. The Labute approximate surface area is 306 Å². The fourth-order valence-electron chi connectivity index (χ4n) is 7.76. The molecule has 0 radical (unpaired) electrons. The molecule has 0 aromatic heterocycles. The first-order valence-electron chi connectivity index (χ1n) is 17.9. The quantitative estimate of drug-likeness (QED) is 0.168. The molecule has 0 aliphatic carbocycles. The number of carbonyl (C=O) groups excluding carboxylic acids is 4. The Bertz CT molecular complexity index is 2010. The summed E-state index contributed by atoms with van der Waals surface area (Å²) in [6.45, 7) is 2.91. The molecule has 53 heavy (non-hydrogen) atoms. The van der Waals surface area contributed by atoms with Gasteiger partial charge in [-0.3, -0.25) is 9.59 Å². The van der Waals surface area contributed by atoms with Crippen LogP contribution >= 0.6 is 0 Å². The first-order chi connectivity index (χ1) is 25.8. The van der Waals surface area contributed by atoms with E-state index in [0.29, 0.717) is 32.5 Å². The molecule has 1 unspecified atom stereocenters. The van der Waals surface area contributed by atoms with E-state index in [0.717, 1.165) is 41.0 Å². The highest BCUT2D eigenvalue weighted by Crippen LogP contribution is 2.40. The maximum atomic E-state index is 13.2. The summed E-state index contributed by atoms with van der Waals surface area (Å²) in [5.41, 5.74) is 4.49.